The maximum absolute atomic E-state index is 2.50. The molecule has 1 aliphatic rings. The van der Waals surface area contributed by atoms with Crippen LogP contribution in [-0.4, -0.2) is 0 Å². The Kier molecular flexibility index (Phi) is 8.50. The van der Waals surface area contributed by atoms with Gasteiger partial charge in [-0.15, -0.1) is 0 Å². The molecule has 112 valence electrons. The third-order valence-corrected chi connectivity index (χ3v) is 4.96. The first kappa shape index (κ1) is 16.8. The summed E-state index contributed by atoms with van der Waals surface area (Å²) in [5.74, 6) is 2.92. The van der Waals surface area contributed by atoms with Gasteiger partial charge in [0.05, 0.1) is 0 Å². The summed E-state index contributed by atoms with van der Waals surface area (Å²) in [4.78, 5) is 0. The summed E-state index contributed by atoms with van der Waals surface area (Å²) in [6.45, 7) is 9.33. The molecule has 0 heteroatoms. The van der Waals surface area contributed by atoms with Crippen molar-refractivity contribution in [2.45, 2.75) is 91.9 Å². The maximum atomic E-state index is 2.50. The Hall–Kier alpha value is -0.260. The molecule has 0 nitrogen and oxygen atoms in total. The van der Waals surface area contributed by atoms with Crippen LogP contribution in [0.15, 0.2) is 11.6 Å². The number of unbranched alkanes of at least 4 members (excludes halogenated alkanes) is 1. The Labute approximate surface area is 122 Å². The molecular weight excluding hydrogens is 228 g/mol. The van der Waals surface area contributed by atoms with E-state index in [0.29, 0.717) is 0 Å². The van der Waals surface area contributed by atoms with Gasteiger partial charge in [0.15, 0.2) is 0 Å². The van der Waals surface area contributed by atoms with Crippen LogP contribution in [0.3, 0.4) is 0 Å². The number of rotatable bonds is 11. The van der Waals surface area contributed by atoms with Crippen molar-refractivity contribution in [2.75, 3.05) is 0 Å². The minimum Gasteiger partial charge on any atom is -0.0821 e. The molecule has 19 heavy (non-hydrogen) atoms. The summed E-state index contributed by atoms with van der Waals surface area (Å²) < 4.78 is 0. The van der Waals surface area contributed by atoms with Crippen molar-refractivity contribution in [3.05, 3.63) is 11.6 Å². The highest BCUT2D eigenvalue weighted by Crippen LogP contribution is 2.34. The fourth-order valence-corrected chi connectivity index (χ4v) is 3.66. The highest BCUT2D eigenvalue weighted by atomic mass is 14.3. The smallest absolute Gasteiger partial charge is 0.0191 e. The van der Waals surface area contributed by atoms with E-state index in [1.807, 2.05) is 0 Å². The topological polar surface area (TPSA) is 0 Å². The predicted molar refractivity (Wildman–Crippen MR) is 87.4 cm³/mol. The molecular formula is C19H36. The minimum atomic E-state index is 0.921. The molecule has 0 saturated carbocycles. The molecule has 1 aliphatic carbocycles. The summed E-state index contributed by atoms with van der Waals surface area (Å²) in [6.07, 6.45) is 16.8. The van der Waals surface area contributed by atoms with Crippen LogP contribution in [0, 0.1) is 17.8 Å². The third-order valence-electron chi connectivity index (χ3n) is 4.96. The zero-order chi connectivity index (χ0) is 14.1. The molecule has 1 rings (SSSR count). The Morgan fingerprint density at radius 1 is 1.00 bits per heavy atom. The molecule has 3 unspecified atom stereocenters. The van der Waals surface area contributed by atoms with Crippen LogP contribution in [0.5, 0.6) is 0 Å². The van der Waals surface area contributed by atoms with E-state index in [1.165, 1.54) is 64.2 Å². The molecule has 0 spiro atoms. The Bertz CT molecular complexity index is 251. The van der Waals surface area contributed by atoms with Gasteiger partial charge in [0.1, 0.15) is 0 Å². The molecule has 0 fully saturated rings. The van der Waals surface area contributed by atoms with Crippen LogP contribution in [0.1, 0.15) is 91.9 Å². The molecule has 3 atom stereocenters. The molecule has 0 aromatic carbocycles. The zero-order valence-corrected chi connectivity index (χ0v) is 13.9. The zero-order valence-electron chi connectivity index (χ0n) is 13.9. The highest BCUT2D eigenvalue weighted by Gasteiger charge is 2.20. The second-order valence-corrected chi connectivity index (χ2v) is 6.86. The van der Waals surface area contributed by atoms with E-state index in [0.717, 1.165) is 17.8 Å². The van der Waals surface area contributed by atoms with Gasteiger partial charge in [0.2, 0.25) is 0 Å². The van der Waals surface area contributed by atoms with E-state index in [1.54, 1.807) is 5.57 Å². The van der Waals surface area contributed by atoms with E-state index in [2.05, 4.69) is 33.8 Å². The lowest BCUT2D eigenvalue weighted by atomic mass is 9.78. The summed E-state index contributed by atoms with van der Waals surface area (Å²) in [5, 5.41) is 0. The van der Waals surface area contributed by atoms with Gasteiger partial charge in [-0.1, -0.05) is 83.8 Å². The van der Waals surface area contributed by atoms with Crippen LogP contribution in [0.2, 0.25) is 0 Å². The van der Waals surface area contributed by atoms with Gasteiger partial charge < -0.3 is 0 Å². The molecule has 0 aromatic rings. The predicted octanol–water partition coefficient (Wildman–Crippen LogP) is 6.76. The number of allylic oxidation sites excluding steroid dienone is 2. The maximum Gasteiger partial charge on any atom is -0.0191 e. The summed E-state index contributed by atoms with van der Waals surface area (Å²) in [5.41, 5.74) is 1.62. The number of hydrogen-bond acceptors (Lipinski definition) is 0. The van der Waals surface area contributed by atoms with Crippen LogP contribution in [0.25, 0.3) is 0 Å². The van der Waals surface area contributed by atoms with Crippen molar-refractivity contribution >= 4 is 0 Å². The van der Waals surface area contributed by atoms with E-state index < -0.39 is 0 Å². The van der Waals surface area contributed by atoms with Gasteiger partial charge in [-0.05, 0) is 37.5 Å². The summed E-state index contributed by atoms with van der Waals surface area (Å²) in [7, 11) is 0. The standard InChI is InChI=1S/C19H36/c1-5-8-10-18(9-6-2)12-11-17(7-3)15-19-13-16(4)14-19/h13,17-19H,5-12,14-15H2,1-4H3. The Balaban J connectivity index is 2.24. The lowest BCUT2D eigenvalue weighted by molar-refractivity contribution is 0.307. The van der Waals surface area contributed by atoms with Crippen LogP contribution < -0.4 is 0 Å². The minimum absolute atomic E-state index is 0.921. The monoisotopic (exact) mass is 264 g/mol. The van der Waals surface area contributed by atoms with Crippen LogP contribution >= 0.6 is 0 Å². The van der Waals surface area contributed by atoms with Gasteiger partial charge in [-0.3, -0.25) is 0 Å². The quantitative estimate of drug-likeness (QED) is 0.362. The van der Waals surface area contributed by atoms with Crippen molar-refractivity contribution in [3.8, 4) is 0 Å². The van der Waals surface area contributed by atoms with Crippen LogP contribution in [0.4, 0.5) is 0 Å². The van der Waals surface area contributed by atoms with E-state index >= 15 is 0 Å². The molecule has 0 N–H and O–H groups in total. The number of hydrogen-bond donors (Lipinski definition) is 0. The van der Waals surface area contributed by atoms with Gasteiger partial charge in [0.25, 0.3) is 0 Å². The second-order valence-electron chi connectivity index (χ2n) is 6.86. The fraction of sp³-hybridized carbons (Fsp3) is 0.895. The lowest BCUT2D eigenvalue weighted by Gasteiger charge is -2.28. The van der Waals surface area contributed by atoms with Gasteiger partial charge in [-0.2, -0.15) is 0 Å². The Morgan fingerprint density at radius 3 is 2.21 bits per heavy atom. The highest BCUT2D eigenvalue weighted by molar-refractivity contribution is 5.14. The first-order valence-electron chi connectivity index (χ1n) is 8.86. The summed E-state index contributed by atoms with van der Waals surface area (Å²) in [6, 6.07) is 0. The van der Waals surface area contributed by atoms with E-state index in [9.17, 15) is 0 Å². The molecule has 0 amide bonds. The average Bonchev–Trinajstić information content (AvgIpc) is 2.37. The van der Waals surface area contributed by atoms with Gasteiger partial charge >= 0.3 is 0 Å². The summed E-state index contributed by atoms with van der Waals surface area (Å²) >= 11 is 0. The Morgan fingerprint density at radius 2 is 1.68 bits per heavy atom. The molecule has 0 aromatic heterocycles. The van der Waals surface area contributed by atoms with Crippen molar-refractivity contribution in [1.29, 1.82) is 0 Å². The van der Waals surface area contributed by atoms with Crippen molar-refractivity contribution in [3.63, 3.8) is 0 Å². The third kappa shape index (κ3) is 6.63. The normalized spacial score (nSPS) is 21.7. The van der Waals surface area contributed by atoms with Crippen molar-refractivity contribution in [2.24, 2.45) is 17.8 Å². The first-order valence-corrected chi connectivity index (χ1v) is 8.86. The first-order chi connectivity index (χ1) is 9.19. The van der Waals surface area contributed by atoms with Crippen LogP contribution in [-0.2, 0) is 0 Å². The van der Waals surface area contributed by atoms with Crippen molar-refractivity contribution < 1.29 is 0 Å². The van der Waals surface area contributed by atoms with E-state index in [4.69, 9.17) is 0 Å². The molecule has 0 heterocycles. The molecule has 0 bridgehead atoms. The second kappa shape index (κ2) is 9.61. The average molecular weight is 264 g/mol. The van der Waals surface area contributed by atoms with Gasteiger partial charge in [-0.25, -0.2) is 0 Å². The van der Waals surface area contributed by atoms with Crippen molar-refractivity contribution in [1.82, 2.24) is 0 Å². The fourth-order valence-electron chi connectivity index (χ4n) is 3.66. The lowest BCUT2D eigenvalue weighted by Crippen LogP contribution is -2.14. The molecule has 0 aliphatic heterocycles. The van der Waals surface area contributed by atoms with E-state index in [-0.39, 0.29) is 0 Å². The SMILES string of the molecule is CCCCC(CCC)CCC(CC)CC1C=C(C)C1. The van der Waals surface area contributed by atoms with Gasteiger partial charge in [0, 0.05) is 0 Å². The largest absolute Gasteiger partial charge is 0.0821 e. The molecule has 0 saturated heterocycles. The molecule has 0 radical (unpaired) electrons.